The molecule has 0 fully saturated rings. The Hall–Kier alpha value is -1.45. The number of halogens is 5. The Labute approximate surface area is 149 Å². The number of rotatable bonds is 8. The molecule has 0 amide bonds. The zero-order valence-electron chi connectivity index (χ0n) is 15.5. The molecule has 0 aromatic carbocycles. The maximum atomic E-state index is 14.2. The van der Waals surface area contributed by atoms with Crippen molar-refractivity contribution in [3.8, 4) is 0 Å². The summed E-state index contributed by atoms with van der Waals surface area (Å²) in [6.07, 6.45) is -8.83. The van der Waals surface area contributed by atoms with E-state index < -0.39 is 60.4 Å². The molecule has 5 nitrogen and oxygen atoms in total. The molecule has 0 radical (unpaired) electrons. The van der Waals surface area contributed by atoms with E-state index in [-0.39, 0.29) is 6.54 Å². The van der Waals surface area contributed by atoms with Gasteiger partial charge in [0.15, 0.2) is 6.10 Å². The van der Waals surface area contributed by atoms with Crippen LogP contribution in [0.5, 0.6) is 0 Å². The summed E-state index contributed by atoms with van der Waals surface area (Å²) in [6.45, 7) is 6.27. The van der Waals surface area contributed by atoms with Crippen molar-refractivity contribution in [3.05, 3.63) is 0 Å². The first kappa shape index (κ1) is 24.6. The molecule has 26 heavy (non-hydrogen) atoms. The second kappa shape index (κ2) is 8.49. The van der Waals surface area contributed by atoms with E-state index in [1.165, 1.54) is 13.8 Å². The highest BCUT2D eigenvalue weighted by atomic mass is 19.4. The van der Waals surface area contributed by atoms with E-state index in [0.717, 1.165) is 0 Å². The summed E-state index contributed by atoms with van der Waals surface area (Å²) in [6, 6.07) is 0. The van der Waals surface area contributed by atoms with E-state index in [2.05, 4.69) is 4.74 Å². The lowest BCUT2D eigenvalue weighted by Gasteiger charge is -2.39. The molecule has 0 rings (SSSR count). The van der Waals surface area contributed by atoms with Crippen LogP contribution in [0.2, 0.25) is 0 Å². The molecule has 0 aliphatic rings. The third-order valence-corrected chi connectivity index (χ3v) is 4.43. The maximum absolute atomic E-state index is 14.2. The van der Waals surface area contributed by atoms with Gasteiger partial charge in [-0.05, 0) is 18.8 Å². The minimum absolute atomic E-state index is 0.187. The molecule has 154 valence electrons. The van der Waals surface area contributed by atoms with Gasteiger partial charge in [0.05, 0.1) is 11.8 Å². The maximum Gasteiger partial charge on any atom is 0.392 e. The first-order valence-corrected chi connectivity index (χ1v) is 8.06. The highest BCUT2D eigenvalue weighted by Gasteiger charge is 2.53. The third-order valence-electron chi connectivity index (χ3n) is 4.43. The van der Waals surface area contributed by atoms with Crippen LogP contribution in [-0.4, -0.2) is 43.3 Å². The quantitative estimate of drug-likeness (QED) is 0.507. The molecule has 2 unspecified atom stereocenters. The summed E-state index contributed by atoms with van der Waals surface area (Å²) >= 11 is 0. The van der Waals surface area contributed by atoms with Gasteiger partial charge in [-0.15, -0.1) is 0 Å². The lowest BCUT2D eigenvalue weighted by Crippen LogP contribution is -2.52. The standard InChI is InChI=1S/C16H26F5NO4/c1-6-10(26-11(23)14(5,9-22)13(2,3)4)16(20,21)12(24)25-8-7-15(17,18)19/h10H,6-9,22H2,1-5H3. The van der Waals surface area contributed by atoms with Crippen LogP contribution in [0, 0.1) is 10.8 Å². The number of hydrogen-bond donors (Lipinski definition) is 1. The van der Waals surface area contributed by atoms with Crippen LogP contribution in [0.25, 0.3) is 0 Å². The highest BCUT2D eigenvalue weighted by molar-refractivity contribution is 5.81. The summed E-state index contributed by atoms with van der Waals surface area (Å²) < 4.78 is 73.3. The second-order valence-corrected chi connectivity index (χ2v) is 7.21. The van der Waals surface area contributed by atoms with Crippen molar-refractivity contribution in [2.75, 3.05) is 13.2 Å². The van der Waals surface area contributed by atoms with Gasteiger partial charge in [0.25, 0.3) is 0 Å². The van der Waals surface area contributed by atoms with Crippen LogP contribution in [0.1, 0.15) is 47.5 Å². The molecule has 0 aliphatic carbocycles. The van der Waals surface area contributed by atoms with Crippen LogP contribution in [0.4, 0.5) is 22.0 Å². The van der Waals surface area contributed by atoms with E-state index >= 15 is 0 Å². The first-order valence-electron chi connectivity index (χ1n) is 8.06. The molecule has 2 atom stereocenters. The van der Waals surface area contributed by atoms with Crippen LogP contribution in [0.15, 0.2) is 0 Å². The van der Waals surface area contributed by atoms with Crippen LogP contribution in [0.3, 0.4) is 0 Å². The molecule has 0 aromatic rings. The lowest BCUT2D eigenvalue weighted by molar-refractivity contribution is -0.207. The van der Waals surface area contributed by atoms with E-state index in [1.807, 2.05) is 0 Å². The Morgan fingerprint density at radius 2 is 1.50 bits per heavy atom. The van der Waals surface area contributed by atoms with Gasteiger partial charge in [-0.2, -0.15) is 22.0 Å². The van der Waals surface area contributed by atoms with E-state index in [1.54, 1.807) is 20.8 Å². The van der Waals surface area contributed by atoms with Crippen molar-refractivity contribution >= 4 is 11.9 Å². The number of carbonyl (C=O) groups is 2. The van der Waals surface area contributed by atoms with Crippen molar-refractivity contribution in [2.45, 2.75) is 65.7 Å². The number of hydrogen-bond acceptors (Lipinski definition) is 5. The van der Waals surface area contributed by atoms with Crippen molar-refractivity contribution < 1.29 is 41.0 Å². The Morgan fingerprint density at radius 1 is 1.00 bits per heavy atom. The Bertz CT molecular complexity index is 502. The third kappa shape index (κ3) is 6.07. The lowest BCUT2D eigenvalue weighted by atomic mass is 9.68. The zero-order valence-corrected chi connectivity index (χ0v) is 15.5. The smallest absolute Gasteiger partial charge is 0.392 e. The minimum atomic E-state index is -4.65. The van der Waals surface area contributed by atoms with E-state index in [0.29, 0.717) is 0 Å². The molecule has 10 heteroatoms. The average Bonchev–Trinajstić information content (AvgIpc) is 2.48. The largest absolute Gasteiger partial charge is 0.461 e. The van der Waals surface area contributed by atoms with Gasteiger partial charge in [0.1, 0.15) is 6.61 Å². The number of carbonyl (C=O) groups excluding carboxylic acids is 2. The fourth-order valence-electron chi connectivity index (χ4n) is 1.86. The van der Waals surface area contributed by atoms with Crippen LogP contribution < -0.4 is 5.73 Å². The monoisotopic (exact) mass is 391 g/mol. The van der Waals surface area contributed by atoms with Gasteiger partial charge in [-0.25, -0.2) is 4.79 Å². The summed E-state index contributed by atoms with van der Waals surface area (Å²) in [5, 5.41) is 0. The van der Waals surface area contributed by atoms with Gasteiger partial charge < -0.3 is 15.2 Å². The van der Waals surface area contributed by atoms with Gasteiger partial charge in [-0.1, -0.05) is 27.7 Å². The molecule has 0 aliphatic heterocycles. The Kier molecular flexibility index (Phi) is 8.02. The Balaban J connectivity index is 5.19. The molecule has 0 saturated heterocycles. The van der Waals surface area contributed by atoms with Crippen molar-refractivity contribution in [3.63, 3.8) is 0 Å². The summed E-state index contributed by atoms with van der Waals surface area (Å²) in [4.78, 5) is 23.9. The summed E-state index contributed by atoms with van der Waals surface area (Å²) in [7, 11) is 0. The first-order chi connectivity index (χ1) is 11.5. The van der Waals surface area contributed by atoms with Crippen molar-refractivity contribution in [1.82, 2.24) is 0 Å². The SMILES string of the molecule is CCC(OC(=O)C(C)(CN)C(C)(C)C)C(F)(F)C(=O)OCCC(F)(F)F. The summed E-state index contributed by atoms with van der Waals surface area (Å²) in [5.41, 5.74) is 3.57. The highest BCUT2D eigenvalue weighted by Crippen LogP contribution is 2.40. The fraction of sp³-hybridized carbons (Fsp3) is 0.875. The molecule has 0 heterocycles. The van der Waals surface area contributed by atoms with Gasteiger partial charge in [0, 0.05) is 6.54 Å². The molecule has 0 saturated carbocycles. The second-order valence-electron chi connectivity index (χ2n) is 7.21. The average molecular weight is 391 g/mol. The van der Waals surface area contributed by atoms with Gasteiger partial charge in [-0.3, -0.25) is 4.79 Å². The fourth-order valence-corrected chi connectivity index (χ4v) is 1.86. The van der Waals surface area contributed by atoms with Gasteiger partial charge >= 0.3 is 24.0 Å². The van der Waals surface area contributed by atoms with Crippen LogP contribution >= 0.6 is 0 Å². The molecule has 0 bridgehead atoms. The normalized spacial score (nSPS) is 16.6. The van der Waals surface area contributed by atoms with E-state index in [4.69, 9.17) is 10.5 Å². The number of nitrogens with two attached hydrogens (primary N) is 1. The van der Waals surface area contributed by atoms with Crippen molar-refractivity contribution in [2.24, 2.45) is 16.6 Å². The minimum Gasteiger partial charge on any atom is -0.461 e. The number of esters is 2. The predicted molar refractivity (Wildman–Crippen MR) is 83.4 cm³/mol. The zero-order chi connectivity index (χ0) is 21.0. The van der Waals surface area contributed by atoms with Crippen molar-refractivity contribution in [1.29, 1.82) is 0 Å². The molecule has 2 N–H and O–H groups in total. The topological polar surface area (TPSA) is 78.6 Å². The van der Waals surface area contributed by atoms with Gasteiger partial charge in [0.2, 0.25) is 0 Å². The molecular weight excluding hydrogens is 365 g/mol. The Morgan fingerprint density at radius 3 is 1.85 bits per heavy atom. The summed E-state index contributed by atoms with van der Waals surface area (Å²) in [5.74, 6) is -7.49. The number of alkyl halides is 5. The molecule has 0 aromatic heterocycles. The molecule has 0 spiro atoms. The van der Waals surface area contributed by atoms with Crippen LogP contribution in [-0.2, 0) is 19.1 Å². The van der Waals surface area contributed by atoms with E-state index in [9.17, 15) is 31.5 Å². The predicted octanol–water partition coefficient (Wildman–Crippen LogP) is 3.45. The molecular formula is C16H26F5NO4. The number of ether oxygens (including phenoxy) is 2.